The highest BCUT2D eigenvalue weighted by atomic mass is 16.6. The summed E-state index contributed by atoms with van der Waals surface area (Å²) in [6, 6.07) is 19.7. The van der Waals surface area contributed by atoms with Crippen LogP contribution in [0, 0.1) is 29.1 Å². The van der Waals surface area contributed by atoms with E-state index in [9.17, 15) is 4.79 Å². The third-order valence-corrected chi connectivity index (χ3v) is 10.1. The molecule has 32 heavy (non-hydrogen) atoms. The van der Waals surface area contributed by atoms with Crippen molar-refractivity contribution in [2.24, 2.45) is 29.1 Å². The summed E-state index contributed by atoms with van der Waals surface area (Å²) >= 11 is 0. The quantitative estimate of drug-likeness (QED) is 0.323. The first-order valence-electron chi connectivity index (χ1n) is 12.7. The minimum Gasteiger partial charge on any atom is -0.459 e. The molecular formula is C30H32O2. The van der Waals surface area contributed by atoms with Crippen LogP contribution in [0.1, 0.15) is 57.4 Å². The van der Waals surface area contributed by atoms with Crippen molar-refractivity contribution in [2.75, 3.05) is 0 Å². The van der Waals surface area contributed by atoms with Crippen molar-refractivity contribution < 1.29 is 9.53 Å². The molecule has 0 aliphatic heterocycles. The van der Waals surface area contributed by atoms with Gasteiger partial charge < -0.3 is 4.74 Å². The van der Waals surface area contributed by atoms with E-state index in [0.29, 0.717) is 23.7 Å². The first kappa shape index (κ1) is 19.1. The van der Waals surface area contributed by atoms with E-state index >= 15 is 0 Å². The van der Waals surface area contributed by atoms with E-state index in [1.807, 2.05) is 0 Å². The van der Waals surface area contributed by atoms with Crippen molar-refractivity contribution in [1.82, 2.24) is 0 Å². The third kappa shape index (κ3) is 2.56. The molecule has 0 N–H and O–H groups in total. The second kappa shape index (κ2) is 6.59. The highest BCUT2D eigenvalue weighted by molar-refractivity contribution is 5.99. The van der Waals surface area contributed by atoms with Crippen LogP contribution >= 0.6 is 0 Å². The maximum atomic E-state index is 13.0. The second-order valence-corrected chi connectivity index (χ2v) is 11.5. The van der Waals surface area contributed by atoms with E-state index in [1.54, 1.807) is 0 Å². The summed E-state index contributed by atoms with van der Waals surface area (Å²) in [5.41, 5.74) is 1.69. The van der Waals surface area contributed by atoms with Crippen LogP contribution in [0.15, 0.2) is 54.6 Å². The smallest absolute Gasteiger partial charge is 0.306 e. The fourth-order valence-electron chi connectivity index (χ4n) is 8.71. The number of benzene rings is 3. The average molecular weight is 425 g/mol. The van der Waals surface area contributed by atoms with E-state index in [-0.39, 0.29) is 11.6 Å². The number of hydrogen-bond donors (Lipinski definition) is 0. The Hall–Kier alpha value is -2.35. The van der Waals surface area contributed by atoms with Crippen molar-refractivity contribution in [3.05, 3.63) is 60.2 Å². The van der Waals surface area contributed by atoms with Crippen molar-refractivity contribution in [3.8, 4) is 0 Å². The molecule has 4 aliphatic rings. The predicted octanol–water partition coefficient (Wildman–Crippen LogP) is 7.07. The van der Waals surface area contributed by atoms with Gasteiger partial charge in [0.05, 0.1) is 0 Å². The summed E-state index contributed by atoms with van der Waals surface area (Å²) in [4.78, 5) is 13.0. The summed E-state index contributed by atoms with van der Waals surface area (Å²) in [5, 5.41) is 5.15. The average Bonchev–Trinajstić information content (AvgIpc) is 3.05. The van der Waals surface area contributed by atoms with E-state index in [0.717, 1.165) is 24.7 Å². The third-order valence-electron chi connectivity index (χ3n) is 10.1. The lowest BCUT2D eigenvalue weighted by atomic mass is 9.54. The molecule has 6 unspecified atom stereocenters. The SMILES string of the molecule is CC1(OC(=O)CCCc2cccc3cc4ccccc4cc23)C2CC3CC4CC1C4(C3)C2. The maximum Gasteiger partial charge on any atom is 0.306 e. The Bertz CT molecular complexity index is 1240. The van der Waals surface area contributed by atoms with Crippen LogP contribution in [-0.2, 0) is 16.0 Å². The Labute approximate surface area is 190 Å². The lowest BCUT2D eigenvalue weighted by Gasteiger charge is -2.52. The van der Waals surface area contributed by atoms with Gasteiger partial charge in [0.2, 0.25) is 0 Å². The fraction of sp³-hybridized carbons (Fsp3) is 0.500. The number of aryl methyl sites for hydroxylation is 1. The van der Waals surface area contributed by atoms with Crippen LogP contribution in [0.4, 0.5) is 0 Å². The number of hydrogen-bond acceptors (Lipinski definition) is 2. The lowest BCUT2D eigenvalue weighted by Crippen LogP contribution is -2.52. The maximum absolute atomic E-state index is 13.0. The Balaban J connectivity index is 1.05. The van der Waals surface area contributed by atoms with E-state index in [4.69, 9.17) is 4.74 Å². The van der Waals surface area contributed by atoms with Crippen molar-refractivity contribution >= 4 is 27.5 Å². The Kier molecular flexibility index (Phi) is 3.94. The highest BCUT2D eigenvalue weighted by Gasteiger charge is 2.75. The Morgan fingerprint density at radius 2 is 1.72 bits per heavy atom. The van der Waals surface area contributed by atoms with Gasteiger partial charge in [0.1, 0.15) is 5.60 Å². The van der Waals surface area contributed by atoms with Crippen molar-refractivity contribution in [1.29, 1.82) is 0 Å². The van der Waals surface area contributed by atoms with Crippen LogP contribution in [0.25, 0.3) is 21.5 Å². The first-order chi connectivity index (χ1) is 15.5. The molecule has 3 aromatic carbocycles. The van der Waals surface area contributed by atoms with Crippen molar-refractivity contribution in [2.45, 2.75) is 63.9 Å². The largest absolute Gasteiger partial charge is 0.459 e. The molecule has 0 saturated heterocycles. The van der Waals surface area contributed by atoms with Gasteiger partial charge in [-0.05, 0) is 114 Å². The molecular weight excluding hydrogens is 392 g/mol. The molecule has 0 radical (unpaired) electrons. The molecule has 0 heterocycles. The van der Waals surface area contributed by atoms with Gasteiger partial charge in [-0.25, -0.2) is 0 Å². The molecule has 4 fully saturated rings. The molecule has 164 valence electrons. The zero-order valence-electron chi connectivity index (χ0n) is 19.0. The van der Waals surface area contributed by atoms with Gasteiger partial charge in [0.15, 0.2) is 0 Å². The summed E-state index contributed by atoms with van der Waals surface area (Å²) in [5.74, 6) is 3.11. The minimum absolute atomic E-state index is 0.0291. The van der Waals surface area contributed by atoms with Gasteiger partial charge in [-0.3, -0.25) is 4.79 Å². The molecule has 3 aromatic rings. The topological polar surface area (TPSA) is 26.3 Å². The van der Waals surface area contributed by atoms with Gasteiger partial charge in [0.25, 0.3) is 0 Å². The molecule has 6 atom stereocenters. The van der Waals surface area contributed by atoms with E-state index in [1.165, 1.54) is 59.2 Å². The molecule has 4 saturated carbocycles. The number of carbonyl (C=O) groups is 1. The van der Waals surface area contributed by atoms with Crippen LogP contribution in [0.5, 0.6) is 0 Å². The van der Waals surface area contributed by atoms with Gasteiger partial charge in [-0.15, -0.1) is 0 Å². The van der Waals surface area contributed by atoms with E-state index < -0.39 is 0 Å². The number of rotatable bonds is 5. The fourth-order valence-corrected chi connectivity index (χ4v) is 8.71. The van der Waals surface area contributed by atoms with Gasteiger partial charge in [0, 0.05) is 12.3 Å². The normalized spacial score (nSPS) is 36.4. The summed E-state index contributed by atoms with van der Waals surface area (Å²) in [6.45, 7) is 2.28. The minimum atomic E-state index is -0.193. The van der Waals surface area contributed by atoms with Gasteiger partial charge in [-0.2, -0.15) is 0 Å². The molecule has 7 rings (SSSR count). The lowest BCUT2D eigenvalue weighted by molar-refractivity contribution is -0.179. The monoisotopic (exact) mass is 424 g/mol. The molecule has 0 amide bonds. The number of esters is 1. The van der Waals surface area contributed by atoms with Crippen LogP contribution in [-0.4, -0.2) is 11.6 Å². The summed E-state index contributed by atoms with van der Waals surface area (Å²) in [6.07, 6.45) is 9.10. The Morgan fingerprint density at radius 1 is 0.938 bits per heavy atom. The highest BCUT2D eigenvalue weighted by Crippen LogP contribution is 2.78. The molecule has 2 heteroatoms. The van der Waals surface area contributed by atoms with E-state index in [2.05, 4.69) is 61.5 Å². The predicted molar refractivity (Wildman–Crippen MR) is 128 cm³/mol. The van der Waals surface area contributed by atoms with Crippen LogP contribution in [0.2, 0.25) is 0 Å². The second-order valence-electron chi connectivity index (χ2n) is 11.5. The zero-order valence-corrected chi connectivity index (χ0v) is 19.0. The molecule has 3 bridgehead atoms. The summed E-state index contributed by atoms with van der Waals surface area (Å²) < 4.78 is 6.35. The van der Waals surface area contributed by atoms with Crippen molar-refractivity contribution in [3.63, 3.8) is 0 Å². The number of ether oxygens (including phenoxy) is 1. The Morgan fingerprint density at radius 3 is 2.59 bits per heavy atom. The first-order valence-corrected chi connectivity index (χ1v) is 12.7. The molecule has 0 aromatic heterocycles. The number of fused-ring (bicyclic) bond motifs is 4. The number of carbonyl (C=O) groups excluding carboxylic acids is 1. The molecule has 2 nitrogen and oxygen atoms in total. The standard InChI is InChI=1S/C30H32O2/c1-29(25-13-19-12-24-16-27(29)30(24,17-19)18-25)32-28(31)11-5-9-20-8-4-10-23-14-21-6-2-3-7-22(21)15-26(20)23/h2-4,6-8,10,14-15,19,24-25,27H,5,9,11-13,16-18H2,1H3. The van der Waals surface area contributed by atoms with Crippen LogP contribution < -0.4 is 0 Å². The summed E-state index contributed by atoms with van der Waals surface area (Å²) in [7, 11) is 0. The molecule has 4 aliphatic carbocycles. The zero-order chi connectivity index (χ0) is 21.5. The van der Waals surface area contributed by atoms with Gasteiger partial charge >= 0.3 is 5.97 Å². The van der Waals surface area contributed by atoms with Gasteiger partial charge in [-0.1, -0.05) is 42.5 Å². The van der Waals surface area contributed by atoms with Crippen LogP contribution in [0.3, 0.4) is 0 Å². The molecule has 1 spiro atoms.